The first-order valence-electron chi connectivity index (χ1n) is 21.6. The Bertz CT molecular complexity index is 691. The molecule has 48 heavy (non-hydrogen) atoms. The molecule has 0 rings (SSSR count). The van der Waals surface area contributed by atoms with Gasteiger partial charge in [0.05, 0.1) is 18.8 Å². The first-order valence-corrected chi connectivity index (χ1v) is 21.6. The molecule has 0 bridgehead atoms. The van der Waals surface area contributed by atoms with Gasteiger partial charge in [0.2, 0.25) is 5.91 Å². The van der Waals surface area contributed by atoms with Crippen LogP contribution in [0.4, 0.5) is 0 Å². The molecule has 4 nitrogen and oxygen atoms in total. The monoisotopic (exact) mass is 676 g/mol. The number of hydrogen-bond acceptors (Lipinski definition) is 3. The van der Waals surface area contributed by atoms with Crippen molar-refractivity contribution in [1.29, 1.82) is 0 Å². The highest BCUT2D eigenvalue weighted by Gasteiger charge is 2.17. The maximum Gasteiger partial charge on any atom is 0.220 e. The SMILES string of the molecule is CCCC/C=C\CCCCCCCC(=O)NC(CO)C(O)/C=C/CCCCCCCCCCCCCCCCCCCCCCCCC. The second-order valence-corrected chi connectivity index (χ2v) is 14.8. The molecule has 0 saturated carbocycles. The van der Waals surface area contributed by atoms with Gasteiger partial charge in [-0.2, -0.15) is 0 Å². The molecule has 0 aliphatic rings. The average molecular weight is 676 g/mol. The molecule has 0 radical (unpaired) electrons. The van der Waals surface area contributed by atoms with Crippen LogP contribution >= 0.6 is 0 Å². The summed E-state index contributed by atoms with van der Waals surface area (Å²) in [6, 6.07) is -0.623. The zero-order valence-electron chi connectivity index (χ0n) is 32.5. The van der Waals surface area contributed by atoms with E-state index in [9.17, 15) is 15.0 Å². The van der Waals surface area contributed by atoms with Crippen molar-refractivity contribution in [1.82, 2.24) is 5.32 Å². The molecule has 0 spiro atoms. The van der Waals surface area contributed by atoms with Gasteiger partial charge in [-0.25, -0.2) is 0 Å². The Morgan fingerprint density at radius 1 is 0.479 bits per heavy atom. The quantitative estimate of drug-likeness (QED) is 0.0448. The van der Waals surface area contributed by atoms with Crippen molar-refractivity contribution in [2.75, 3.05) is 6.61 Å². The molecule has 2 unspecified atom stereocenters. The largest absolute Gasteiger partial charge is 0.394 e. The number of aliphatic hydroxyl groups is 2. The zero-order valence-corrected chi connectivity index (χ0v) is 32.5. The predicted molar refractivity (Wildman–Crippen MR) is 212 cm³/mol. The lowest BCUT2D eigenvalue weighted by molar-refractivity contribution is -0.123. The maximum atomic E-state index is 12.3. The molecule has 0 aromatic carbocycles. The van der Waals surface area contributed by atoms with Crippen LogP contribution in [0.1, 0.15) is 232 Å². The van der Waals surface area contributed by atoms with Gasteiger partial charge < -0.3 is 15.5 Å². The molecule has 2 atom stereocenters. The van der Waals surface area contributed by atoms with Crippen LogP contribution in [0.25, 0.3) is 0 Å². The second-order valence-electron chi connectivity index (χ2n) is 14.8. The van der Waals surface area contributed by atoms with E-state index in [1.54, 1.807) is 6.08 Å². The Morgan fingerprint density at radius 2 is 0.812 bits per heavy atom. The number of hydrogen-bond donors (Lipinski definition) is 3. The van der Waals surface area contributed by atoms with Crippen molar-refractivity contribution in [3.63, 3.8) is 0 Å². The van der Waals surface area contributed by atoms with Crippen molar-refractivity contribution in [2.45, 2.75) is 244 Å². The molecule has 0 aliphatic heterocycles. The first kappa shape index (κ1) is 46.9. The molecule has 1 amide bonds. The summed E-state index contributed by atoms with van der Waals surface area (Å²) in [7, 11) is 0. The van der Waals surface area contributed by atoms with Crippen molar-refractivity contribution in [3.8, 4) is 0 Å². The Balaban J connectivity index is 3.49. The highest BCUT2D eigenvalue weighted by Crippen LogP contribution is 2.16. The summed E-state index contributed by atoms with van der Waals surface area (Å²) in [5.41, 5.74) is 0. The van der Waals surface area contributed by atoms with Gasteiger partial charge in [0.25, 0.3) is 0 Å². The number of carbonyl (C=O) groups is 1. The van der Waals surface area contributed by atoms with E-state index < -0.39 is 12.1 Å². The molecule has 284 valence electrons. The van der Waals surface area contributed by atoms with Crippen LogP contribution < -0.4 is 5.32 Å². The minimum atomic E-state index is -0.839. The molecule has 0 heterocycles. The highest BCUT2D eigenvalue weighted by molar-refractivity contribution is 5.76. The van der Waals surface area contributed by atoms with Crippen LogP contribution in [-0.4, -0.2) is 34.9 Å². The molecular weight excluding hydrogens is 590 g/mol. The lowest BCUT2D eigenvalue weighted by atomic mass is 10.0. The topological polar surface area (TPSA) is 69.6 Å². The van der Waals surface area contributed by atoms with Gasteiger partial charge in [-0.05, 0) is 38.5 Å². The summed E-state index contributed by atoms with van der Waals surface area (Å²) in [5.74, 6) is -0.0739. The Labute approximate surface area is 300 Å². The van der Waals surface area contributed by atoms with E-state index in [-0.39, 0.29) is 12.5 Å². The molecule has 0 aromatic heterocycles. The lowest BCUT2D eigenvalue weighted by Gasteiger charge is -2.20. The van der Waals surface area contributed by atoms with Gasteiger partial charge in [0, 0.05) is 6.42 Å². The van der Waals surface area contributed by atoms with Gasteiger partial charge in [0.15, 0.2) is 0 Å². The maximum absolute atomic E-state index is 12.3. The lowest BCUT2D eigenvalue weighted by Crippen LogP contribution is -2.45. The molecule has 0 saturated heterocycles. The summed E-state index contributed by atoms with van der Waals surface area (Å²) in [6.45, 7) is 4.27. The molecule has 0 fully saturated rings. The second kappa shape index (κ2) is 40.3. The third-order valence-electron chi connectivity index (χ3n) is 9.93. The number of carbonyl (C=O) groups excluding carboxylic acids is 1. The number of amides is 1. The minimum absolute atomic E-state index is 0.0739. The number of rotatable bonds is 39. The van der Waals surface area contributed by atoms with Crippen LogP contribution in [0.3, 0.4) is 0 Å². The van der Waals surface area contributed by atoms with Crippen LogP contribution in [0, 0.1) is 0 Å². The molecule has 0 aliphatic carbocycles. The number of unbranched alkanes of at least 4 members (excludes halogenated alkanes) is 30. The summed E-state index contributed by atoms with van der Waals surface area (Å²) in [6.07, 6.45) is 51.5. The molecule has 4 heteroatoms. The number of aliphatic hydroxyl groups excluding tert-OH is 2. The fourth-order valence-corrected chi connectivity index (χ4v) is 6.57. The Morgan fingerprint density at radius 3 is 1.21 bits per heavy atom. The first-order chi connectivity index (χ1) is 23.7. The van der Waals surface area contributed by atoms with Gasteiger partial charge >= 0.3 is 0 Å². The standard InChI is InChI=1S/C44H85NO3/c1-3-5-7-9-11-13-15-16-17-18-19-20-21-22-23-24-25-26-27-28-30-31-33-35-37-39-43(47)42(41-46)45-44(48)40-38-36-34-32-29-14-12-10-8-6-4-2/h10,12,37,39,42-43,46-47H,3-9,11,13-36,38,40-41H2,1-2H3,(H,45,48)/b12-10-,39-37+. The van der Waals surface area contributed by atoms with Crippen molar-refractivity contribution >= 4 is 5.91 Å². The number of nitrogens with one attached hydrogen (secondary N) is 1. The van der Waals surface area contributed by atoms with Crippen molar-refractivity contribution < 1.29 is 15.0 Å². The van der Waals surface area contributed by atoms with E-state index in [2.05, 4.69) is 31.3 Å². The predicted octanol–water partition coefficient (Wildman–Crippen LogP) is 13.2. The van der Waals surface area contributed by atoms with E-state index in [4.69, 9.17) is 0 Å². The minimum Gasteiger partial charge on any atom is -0.394 e. The molecule has 0 aromatic rings. The van der Waals surface area contributed by atoms with Gasteiger partial charge in [-0.1, -0.05) is 212 Å². The van der Waals surface area contributed by atoms with Crippen molar-refractivity contribution in [3.05, 3.63) is 24.3 Å². The van der Waals surface area contributed by atoms with Crippen molar-refractivity contribution in [2.24, 2.45) is 0 Å². The summed E-state index contributed by atoms with van der Waals surface area (Å²) in [5, 5.41) is 22.9. The third-order valence-corrected chi connectivity index (χ3v) is 9.93. The average Bonchev–Trinajstić information content (AvgIpc) is 3.09. The smallest absolute Gasteiger partial charge is 0.220 e. The third kappa shape index (κ3) is 36.2. The van der Waals surface area contributed by atoms with Crippen LogP contribution in [-0.2, 0) is 4.79 Å². The van der Waals surface area contributed by atoms with Gasteiger partial charge in [-0.3, -0.25) is 4.79 Å². The van der Waals surface area contributed by atoms with Gasteiger partial charge in [-0.15, -0.1) is 0 Å². The Kier molecular flexibility index (Phi) is 39.4. The van der Waals surface area contributed by atoms with Crippen LogP contribution in [0.15, 0.2) is 24.3 Å². The van der Waals surface area contributed by atoms with E-state index >= 15 is 0 Å². The van der Waals surface area contributed by atoms with Crippen LogP contribution in [0.2, 0.25) is 0 Å². The summed E-state index contributed by atoms with van der Waals surface area (Å²) in [4.78, 5) is 12.3. The van der Waals surface area contributed by atoms with E-state index in [0.717, 1.165) is 38.5 Å². The van der Waals surface area contributed by atoms with Gasteiger partial charge in [0.1, 0.15) is 0 Å². The highest BCUT2D eigenvalue weighted by atomic mass is 16.3. The van der Waals surface area contributed by atoms with E-state index in [1.807, 2.05) is 6.08 Å². The Hall–Kier alpha value is -1.13. The fraction of sp³-hybridized carbons (Fsp3) is 0.886. The zero-order chi connectivity index (χ0) is 35.0. The van der Waals surface area contributed by atoms with E-state index in [1.165, 1.54) is 173 Å². The normalized spacial score (nSPS) is 13.2. The molecule has 3 N–H and O–H groups in total. The van der Waals surface area contributed by atoms with Crippen LogP contribution in [0.5, 0.6) is 0 Å². The van der Waals surface area contributed by atoms with E-state index in [0.29, 0.717) is 6.42 Å². The molecular formula is C44H85NO3. The number of allylic oxidation sites excluding steroid dienone is 3. The summed E-state index contributed by atoms with van der Waals surface area (Å²) >= 11 is 0. The summed E-state index contributed by atoms with van der Waals surface area (Å²) < 4.78 is 0. The fourth-order valence-electron chi connectivity index (χ4n) is 6.57.